The van der Waals surface area contributed by atoms with Crippen LogP contribution in [-0.4, -0.2) is 47.8 Å². The minimum absolute atomic E-state index is 0.137. The molecule has 0 spiro atoms. The molecule has 3 rings (SSSR count). The number of likely N-dealkylation sites (tertiary alicyclic amines) is 1. The number of hydrogen-bond donors (Lipinski definition) is 1. The third-order valence-electron chi connectivity index (χ3n) is 5.16. The zero-order valence-corrected chi connectivity index (χ0v) is 15.8. The van der Waals surface area contributed by atoms with Crippen LogP contribution in [0.5, 0.6) is 11.5 Å². The second-order valence-corrected chi connectivity index (χ2v) is 6.74. The van der Waals surface area contributed by atoms with Crippen molar-refractivity contribution in [2.75, 3.05) is 20.8 Å². The third kappa shape index (κ3) is 4.39. The zero-order valence-electron chi connectivity index (χ0n) is 15.8. The predicted molar refractivity (Wildman–Crippen MR) is 102 cm³/mol. The van der Waals surface area contributed by atoms with Crippen LogP contribution in [0.4, 0.5) is 0 Å². The van der Waals surface area contributed by atoms with Gasteiger partial charge in [0.15, 0.2) is 0 Å². The average molecular weight is 370 g/mol. The Morgan fingerprint density at radius 3 is 2.78 bits per heavy atom. The fourth-order valence-corrected chi connectivity index (χ4v) is 3.81. The molecule has 6 heteroatoms. The van der Waals surface area contributed by atoms with E-state index in [4.69, 9.17) is 9.47 Å². The summed E-state index contributed by atoms with van der Waals surface area (Å²) >= 11 is 0. The van der Waals surface area contributed by atoms with Crippen molar-refractivity contribution in [3.05, 3.63) is 53.9 Å². The van der Waals surface area contributed by atoms with E-state index >= 15 is 0 Å². The Labute approximate surface area is 159 Å². The SMILES string of the molecule is COc1ccc(C(Cc2ccccn2)N2CCCCC2C(=O)O)c(OC)c1. The molecule has 1 aliphatic heterocycles. The highest BCUT2D eigenvalue weighted by Gasteiger charge is 2.35. The number of carbonyl (C=O) groups is 1. The number of benzene rings is 1. The van der Waals surface area contributed by atoms with E-state index in [1.54, 1.807) is 20.4 Å². The van der Waals surface area contributed by atoms with Gasteiger partial charge in [-0.1, -0.05) is 18.6 Å². The highest BCUT2D eigenvalue weighted by atomic mass is 16.5. The fraction of sp³-hybridized carbons (Fsp3) is 0.429. The number of carboxylic acid groups (broad SMARTS) is 1. The highest BCUT2D eigenvalue weighted by molar-refractivity contribution is 5.73. The van der Waals surface area contributed by atoms with Gasteiger partial charge in [0.2, 0.25) is 0 Å². The predicted octanol–water partition coefficient (Wildman–Crippen LogP) is 3.32. The molecule has 0 radical (unpaired) electrons. The van der Waals surface area contributed by atoms with E-state index in [-0.39, 0.29) is 6.04 Å². The monoisotopic (exact) mass is 370 g/mol. The molecule has 1 saturated heterocycles. The summed E-state index contributed by atoms with van der Waals surface area (Å²) in [6.45, 7) is 0.740. The largest absolute Gasteiger partial charge is 0.497 e. The van der Waals surface area contributed by atoms with Crippen molar-refractivity contribution in [2.24, 2.45) is 0 Å². The van der Waals surface area contributed by atoms with Gasteiger partial charge in [0.05, 0.1) is 14.2 Å². The quantitative estimate of drug-likeness (QED) is 0.806. The molecule has 6 nitrogen and oxygen atoms in total. The third-order valence-corrected chi connectivity index (χ3v) is 5.16. The molecule has 2 aromatic rings. The molecule has 27 heavy (non-hydrogen) atoms. The van der Waals surface area contributed by atoms with Gasteiger partial charge in [0, 0.05) is 36.0 Å². The van der Waals surface area contributed by atoms with Crippen molar-refractivity contribution in [3.63, 3.8) is 0 Å². The summed E-state index contributed by atoms with van der Waals surface area (Å²) in [5, 5.41) is 9.77. The first-order chi connectivity index (χ1) is 13.1. The first kappa shape index (κ1) is 19.2. The topological polar surface area (TPSA) is 71.9 Å². The van der Waals surface area contributed by atoms with E-state index in [1.807, 2.05) is 36.4 Å². The molecule has 0 bridgehead atoms. The molecule has 0 amide bonds. The lowest BCUT2D eigenvalue weighted by atomic mass is 9.92. The highest BCUT2D eigenvalue weighted by Crippen LogP contribution is 2.37. The molecule has 2 unspecified atom stereocenters. The molecule has 2 atom stereocenters. The zero-order chi connectivity index (χ0) is 19.2. The Balaban J connectivity index is 2.03. The van der Waals surface area contributed by atoms with E-state index in [2.05, 4.69) is 9.88 Å². The van der Waals surface area contributed by atoms with E-state index < -0.39 is 12.0 Å². The summed E-state index contributed by atoms with van der Waals surface area (Å²) in [6.07, 6.45) is 4.97. The summed E-state index contributed by atoms with van der Waals surface area (Å²) in [4.78, 5) is 18.4. The van der Waals surface area contributed by atoms with Crippen molar-refractivity contribution in [1.82, 2.24) is 9.88 Å². The second-order valence-electron chi connectivity index (χ2n) is 6.74. The number of hydrogen-bond acceptors (Lipinski definition) is 5. The van der Waals surface area contributed by atoms with Gasteiger partial charge in [-0.3, -0.25) is 14.7 Å². The van der Waals surface area contributed by atoms with Crippen molar-refractivity contribution in [1.29, 1.82) is 0 Å². The van der Waals surface area contributed by atoms with Gasteiger partial charge in [-0.2, -0.15) is 0 Å². The van der Waals surface area contributed by atoms with Crippen LogP contribution in [0.15, 0.2) is 42.6 Å². The van der Waals surface area contributed by atoms with Gasteiger partial charge < -0.3 is 14.6 Å². The second kappa shape index (κ2) is 8.86. The van der Waals surface area contributed by atoms with Crippen LogP contribution in [0.2, 0.25) is 0 Å². The minimum Gasteiger partial charge on any atom is -0.497 e. The molecule has 0 aliphatic carbocycles. The summed E-state index contributed by atoms with van der Waals surface area (Å²) < 4.78 is 10.9. The lowest BCUT2D eigenvalue weighted by Gasteiger charge is -2.39. The smallest absolute Gasteiger partial charge is 0.320 e. The molecule has 2 heterocycles. The average Bonchev–Trinajstić information content (AvgIpc) is 2.72. The molecule has 1 aliphatic rings. The van der Waals surface area contributed by atoms with Crippen LogP contribution in [0.3, 0.4) is 0 Å². The van der Waals surface area contributed by atoms with Crippen LogP contribution in [-0.2, 0) is 11.2 Å². The summed E-state index contributed by atoms with van der Waals surface area (Å²) in [6, 6.07) is 10.9. The van der Waals surface area contributed by atoms with Crippen LogP contribution < -0.4 is 9.47 Å². The van der Waals surface area contributed by atoms with E-state index in [9.17, 15) is 9.90 Å². The maximum Gasteiger partial charge on any atom is 0.320 e. The molecule has 0 saturated carbocycles. The first-order valence-corrected chi connectivity index (χ1v) is 9.24. The molecular formula is C21H26N2O4. The summed E-state index contributed by atoms with van der Waals surface area (Å²) in [7, 11) is 3.24. The Hall–Kier alpha value is -2.60. The van der Waals surface area contributed by atoms with Crippen LogP contribution in [0.1, 0.15) is 36.6 Å². The summed E-state index contributed by atoms with van der Waals surface area (Å²) in [5.41, 5.74) is 1.88. The Kier molecular flexibility index (Phi) is 6.29. The Bertz CT molecular complexity index is 766. The summed E-state index contributed by atoms with van der Waals surface area (Å²) in [5.74, 6) is 0.638. The fourth-order valence-electron chi connectivity index (χ4n) is 3.81. The lowest BCUT2D eigenvalue weighted by molar-refractivity contribution is -0.146. The van der Waals surface area contributed by atoms with Crippen molar-refractivity contribution in [2.45, 2.75) is 37.8 Å². The molecule has 1 aromatic carbocycles. The number of aliphatic carboxylic acids is 1. The molecule has 144 valence electrons. The number of carboxylic acids is 1. The molecule has 1 fully saturated rings. The Morgan fingerprint density at radius 2 is 2.11 bits per heavy atom. The van der Waals surface area contributed by atoms with Crippen LogP contribution in [0.25, 0.3) is 0 Å². The van der Waals surface area contributed by atoms with Crippen molar-refractivity contribution < 1.29 is 19.4 Å². The Morgan fingerprint density at radius 1 is 1.26 bits per heavy atom. The minimum atomic E-state index is -0.770. The van der Waals surface area contributed by atoms with Gasteiger partial charge in [0.1, 0.15) is 17.5 Å². The van der Waals surface area contributed by atoms with Gasteiger partial charge in [-0.25, -0.2) is 0 Å². The number of methoxy groups -OCH3 is 2. The number of aromatic nitrogens is 1. The van der Waals surface area contributed by atoms with Crippen LogP contribution in [0, 0.1) is 0 Å². The number of rotatable bonds is 7. The molecular weight excluding hydrogens is 344 g/mol. The maximum absolute atomic E-state index is 11.9. The standard InChI is InChI=1S/C21H26N2O4/c1-26-16-9-10-17(20(14-16)27-2)19(13-15-7-3-5-11-22-15)23-12-6-4-8-18(23)21(24)25/h3,5,7,9-11,14,18-19H,4,6,8,12-13H2,1-2H3,(H,24,25). The van der Waals surface area contributed by atoms with Gasteiger partial charge in [-0.15, -0.1) is 0 Å². The molecule has 1 N–H and O–H groups in total. The lowest BCUT2D eigenvalue weighted by Crippen LogP contribution is -2.47. The molecule has 1 aromatic heterocycles. The number of piperidine rings is 1. The number of nitrogens with zero attached hydrogens (tertiary/aromatic N) is 2. The van der Waals surface area contributed by atoms with Gasteiger partial charge in [0.25, 0.3) is 0 Å². The normalized spacial score (nSPS) is 18.7. The van der Waals surface area contributed by atoms with Crippen molar-refractivity contribution in [3.8, 4) is 11.5 Å². The van der Waals surface area contributed by atoms with E-state index in [0.29, 0.717) is 24.3 Å². The maximum atomic E-state index is 11.9. The number of ether oxygens (including phenoxy) is 2. The first-order valence-electron chi connectivity index (χ1n) is 9.24. The number of pyridine rings is 1. The van der Waals surface area contributed by atoms with Crippen LogP contribution >= 0.6 is 0 Å². The van der Waals surface area contributed by atoms with Crippen molar-refractivity contribution >= 4 is 5.97 Å². The van der Waals surface area contributed by atoms with Gasteiger partial charge in [-0.05, 0) is 37.6 Å². The van der Waals surface area contributed by atoms with Gasteiger partial charge >= 0.3 is 5.97 Å². The van der Waals surface area contributed by atoms with E-state index in [1.165, 1.54) is 0 Å². The van der Waals surface area contributed by atoms with E-state index in [0.717, 1.165) is 30.6 Å².